The Morgan fingerprint density at radius 1 is 1.00 bits per heavy atom. The number of hydrogen-bond donors (Lipinski definition) is 1. The summed E-state index contributed by atoms with van der Waals surface area (Å²) in [5.41, 5.74) is 0.180. The Balaban J connectivity index is 1.45. The highest BCUT2D eigenvalue weighted by Gasteiger charge is 2.34. The van der Waals surface area contributed by atoms with Crippen LogP contribution in [0.15, 0.2) is 48.5 Å². The molecule has 0 spiro atoms. The van der Waals surface area contributed by atoms with Gasteiger partial charge in [-0.15, -0.1) is 0 Å². The molecule has 170 valence electrons. The average Bonchev–Trinajstić information content (AvgIpc) is 2.79. The second-order valence-electron chi connectivity index (χ2n) is 7.96. The van der Waals surface area contributed by atoms with Gasteiger partial charge in [0.25, 0.3) is 5.91 Å². The van der Waals surface area contributed by atoms with E-state index in [1.165, 1.54) is 12.1 Å². The molecule has 1 unspecified atom stereocenters. The van der Waals surface area contributed by atoms with Crippen LogP contribution in [0.25, 0.3) is 0 Å². The number of nitrogens with zero attached hydrogens (tertiary/aromatic N) is 2. The fourth-order valence-electron chi connectivity index (χ4n) is 4.02. The Bertz CT molecular complexity index is 972. The zero-order valence-electron chi connectivity index (χ0n) is 17.4. The van der Waals surface area contributed by atoms with Crippen LogP contribution in [0.4, 0.5) is 24.5 Å². The molecular formula is C23H24F3N3O3. The average molecular weight is 447 g/mol. The number of halogens is 3. The van der Waals surface area contributed by atoms with E-state index >= 15 is 0 Å². The molecule has 0 aromatic heterocycles. The number of para-hydroxylation sites is 2. The predicted octanol–water partition coefficient (Wildman–Crippen LogP) is 3.92. The number of ether oxygens (including phenoxy) is 1. The highest BCUT2D eigenvalue weighted by atomic mass is 19.4. The second-order valence-corrected chi connectivity index (χ2v) is 7.96. The number of fused-ring (bicyclic) bond motifs is 1. The first-order valence-electron chi connectivity index (χ1n) is 10.6. The Kier molecular flexibility index (Phi) is 6.25. The van der Waals surface area contributed by atoms with Crippen molar-refractivity contribution in [3.63, 3.8) is 0 Å². The number of anilines is 2. The van der Waals surface area contributed by atoms with Crippen LogP contribution in [0.2, 0.25) is 0 Å². The Labute approximate surface area is 183 Å². The van der Waals surface area contributed by atoms with Gasteiger partial charge in [-0.25, -0.2) is 0 Å². The van der Waals surface area contributed by atoms with E-state index in [0.29, 0.717) is 24.5 Å². The van der Waals surface area contributed by atoms with Gasteiger partial charge in [0.1, 0.15) is 5.75 Å². The van der Waals surface area contributed by atoms with Gasteiger partial charge in [-0.05, 0) is 55.7 Å². The zero-order valence-corrected chi connectivity index (χ0v) is 17.4. The maximum Gasteiger partial charge on any atom is 0.416 e. The number of nitrogens with one attached hydrogen (secondary N) is 1. The molecule has 2 aliphatic heterocycles. The molecule has 2 aromatic rings. The third kappa shape index (κ3) is 4.98. The van der Waals surface area contributed by atoms with E-state index in [2.05, 4.69) is 5.32 Å². The lowest BCUT2D eigenvalue weighted by Crippen LogP contribution is -2.52. The van der Waals surface area contributed by atoms with E-state index in [9.17, 15) is 22.8 Å². The van der Waals surface area contributed by atoms with Crippen molar-refractivity contribution in [2.24, 2.45) is 0 Å². The molecular weight excluding hydrogens is 423 g/mol. The van der Waals surface area contributed by atoms with Crippen molar-refractivity contribution in [1.29, 1.82) is 0 Å². The SMILES string of the molecule is O=C(CN1CC(C(=O)N2CCCCC2)Oc2ccccc21)Nc1ccc(C(F)(F)F)cc1. The molecule has 0 bridgehead atoms. The number of carbonyl (C=O) groups is 2. The summed E-state index contributed by atoms with van der Waals surface area (Å²) in [4.78, 5) is 29.2. The Morgan fingerprint density at radius 3 is 2.38 bits per heavy atom. The minimum absolute atomic E-state index is 0.0643. The molecule has 0 radical (unpaired) electrons. The Hall–Kier alpha value is -3.23. The molecule has 0 aliphatic carbocycles. The number of hydrogen-bond acceptors (Lipinski definition) is 4. The van der Waals surface area contributed by atoms with E-state index in [0.717, 1.165) is 31.4 Å². The summed E-state index contributed by atoms with van der Waals surface area (Å²) in [6.45, 7) is 1.56. The summed E-state index contributed by atoms with van der Waals surface area (Å²) in [5, 5.41) is 2.62. The van der Waals surface area contributed by atoms with Crippen LogP contribution in [-0.4, -0.2) is 49.0 Å². The number of piperidine rings is 1. The summed E-state index contributed by atoms with van der Waals surface area (Å²) in [6, 6.07) is 11.5. The lowest BCUT2D eigenvalue weighted by atomic mass is 10.1. The van der Waals surface area contributed by atoms with Gasteiger partial charge in [-0.2, -0.15) is 13.2 Å². The topological polar surface area (TPSA) is 61.9 Å². The number of alkyl halides is 3. The first kappa shape index (κ1) is 22.0. The van der Waals surface area contributed by atoms with Crippen molar-refractivity contribution in [2.45, 2.75) is 31.5 Å². The number of carbonyl (C=O) groups excluding carboxylic acids is 2. The molecule has 1 fully saturated rings. The largest absolute Gasteiger partial charge is 0.477 e. The summed E-state index contributed by atoms with van der Waals surface area (Å²) in [6.07, 6.45) is -2.12. The fraction of sp³-hybridized carbons (Fsp3) is 0.391. The van der Waals surface area contributed by atoms with Gasteiger partial charge in [0.15, 0.2) is 6.10 Å². The van der Waals surface area contributed by atoms with Gasteiger partial charge in [-0.3, -0.25) is 9.59 Å². The summed E-state index contributed by atoms with van der Waals surface area (Å²) in [7, 11) is 0. The first-order chi connectivity index (χ1) is 15.3. The van der Waals surface area contributed by atoms with Crippen molar-refractivity contribution in [2.75, 3.05) is 36.4 Å². The van der Waals surface area contributed by atoms with Crippen molar-refractivity contribution < 1.29 is 27.5 Å². The van der Waals surface area contributed by atoms with Crippen LogP contribution in [0.3, 0.4) is 0 Å². The van der Waals surface area contributed by atoms with E-state index in [4.69, 9.17) is 4.74 Å². The highest BCUT2D eigenvalue weighted by molar-refractivity contribution is 5.95. The predicted molar refractivity (Wildman–Crippen MR) is 114 cm³/mol. The maximum absolute atomic E-state index is 13.0. The first-order valence-corrected chi connectivity index (χ1v) is 10.6. The van der Waals surface area contributed by atoms with E-state index in [1.54, 1.807) is 17.0 Å². The van der Waals surface area contributed by atoms with Gasteiger partial charge in [0, 0.05) is 18.8 Å². The van der Waals surface area contributed by atoms with Crippen LogP contribution in [0, 0.1) is 0 Å². The van der Waals surface area contributed by atoms with Gasteiger partial charge in [0.2, 0.25) is 5.91 Å². The molecule has 32 heavy (non-hydrogen) atoms. The molecule has 9 heteroatoms. The van der Waals surface area contributed by atoms with E-state index < -0.39 is 23.8 Å². The van der Waals surface area contributed by atoms with E-state index in [-0.39, 0.29) is 24.7 Å². The van der Waals surface area contributed by atoms with Gasteiger partial charge in [-0.1, -0.05) is 12.1 Å². The number of amides is 2. The molecule has 0 saturated carbocycles. The molecule has 2 aliphatic rings. The van der Waals surface area contributed by atoms with Crippen molar-refractivity contribution in [3.05, 3.63) is 54.1 Å². The third-order valence-electron chi connectivity index (χ3n) is 5.64. The van der Waals surface area contributed by atoms with Crippen LogP contribution in [-0.2, 0) is 15.8 Å². The van der Waals surface area contributed by atoms with Gasteiger partial charge >= 0.3 is 6.18 Å². The summed E-state index contributed by atoms with van der Waals surface area (Å²) >= 11 is 0. The molecule has 2 aromatic carbocycles. The minimum Gasteiger partial charge on any atom is -0.477 e. The summed E-state index contributed by atoms with van der Waals surface area (Å²) < 4.78 is 44.1. The molecule has 6 nitrogen and oxygen atoms in total. The smallest absolute Gasteiger partial charge is 0.416 e. The molecule has 1 saturated heterocycles. The van der Waals surface area contributed by atoms with Crippen molar-refractivity contribution in [3.8, 4) is 5.75 Å². The molecule has 4 rings (SSSR count). The van der Waals surface area contributed by atoms with Gasteiger partial charge in [0.05, 0.1) is 24.3 Å². The van der Waals surface area contributed by atoms with E-state index in [1.807, 2.05) is 17.0 Å². The number of likely N-dealkylation sites (tertiary alicyclic amines) is 1. The van der Waals surface area contributed by atoms with Crippen LogP contribution in [0.5, 0.6) is 5.75 Å². The normalized spacial score (nSPS) is 18.5. The molecule has 1 N–H and O–H groups in total. The van der Waals surface area contributed by atoms with Crippen LogP contribution in [0.1, 0.15) is 24.8 Å². The molecule has 2 amide bonds. The third-order valence-corrected chi connectivity index (χ3v) is 5.64. The van der Waals surface area contributed by atoms with Crippen molar-refractivity contribution in [1.82, 2.24) is 4.90 Å². The minimum atomic E-state index is -4.43. The zero-order chi connectivity index (χ0) is 22.7. The van der Waals surface area contributed by atoms with Crippen molar-refractivity contribution >= 4 is 23.2 Å². The lowest BCUT2D eigenvalue weighted by Gasteiger charge is -2.38. The fourth-order valence-corrected chi connectivity index (χ4v) is 4.02. The lowest BCUT2D eigenvalue weighted by molar-refractivity contribution is -0.139. The molecule has 2 heterocycles. The van der Waals surface area contributed by atoms with Gasteiger partial charge < -0.3 is 19.9 Å². The maximum atomic E-state index is 13.0. The van der Waals surface area contributed by atoms with Crippen LogP contribution < -0.4 is 15.0 Å². The standard InChI is InChI=1S/C23H24F3N3O3/c24-23(25,26)16-8-10-17(11-9-16)27-21(30)15-29-14-20(22(31)28-12-4-1-5-13-28)32-19-7-3-2-6-18(19)29/h2-3,6-11,20H,1,4-5,12-15H2,(H,27,30). The Morgan fingerprint density at radius 2 is 1.69 bits per heavy atom. The quantitative estimate of drug-likeness (QED) is 0.772. The highest BCUT2D eigenvalue weighted by Crippen LogP contribution is 2.34. The summed E-state index contributed by atoms with van der Waals surface area (Å²) in [5.74, 6) is 0.0365. The second kappa shape index (κ2) is 9.10. The molecule has 1 atom stereocenters. The monoisotopic (exact) mass is 447 g/mol. The number of rotatable bonds is 4. The number of benzene rings is 2. The van der Waals surface area contributed by atoms with Crippen LogP contribution >= 0.6 is 0 Å².